The molecule has 156 valence electrons. The van der Waals surface area contributed by atoms with Crippen LogP contribution in [-0.4, -0.2) is 39.6 Å². The highest BCUT2D eigenvalue weighted by Gasteiger charge is 2.17. The number of aromatic nitrogens is 3. The maximum Gasteiger partial charge on any atom is 0.234 e. The molecule has 4 rings (SSSR count). The second kappa shape index (κ2) is 8.79. The fourth-order valence-electron chi connectivity index (χ4n) is 3.18. The van der Waals surface area contributed by atoms with E-state index >= 15 is 0 Å². The van der Waals surface area contributed by atoms with E-state index in [9.17, 15) is 4.79 Å². The van der Waals surface area contributed by atoms with Crippen LogP contribution in [0.15, 0.2) is 41.6 Å². The van der Waals surface area contributed by atoms with Gasteiger partial charge in [0.2, 0.25) is 5.91 Å². The van der Waals surface area contributed by atoms with E-state index in [1.807, 2.05) is 61.9 Å². The van der Waals surface area contributed by atoms with Crippen LogP contribution in [0.5, 0.6) is 11.5 Å². The van der Waals surface area contributed by atoms with Gasteiger partial charge in [-0.2, -0.15) is 0 Å². The molecule has 0 radical (unpaired) electrons. The summed E-state index contributed by atoms with van der Waals surface area (Å²) in [5, 5.41) is 12.2. The Labute approximate surface area is 179 Å². The topological polar surface area (TPSA) is 78.3 Å². The Morgan fingerprint density at radius 1 is 1.10 bits per heavy atom. The number of carbonyl (C=O) groups is 1. The van der Waals surface area contributed by atoms with Gasteiger partial charge in [0.15, 0.2) is 22.5 Å². The molecule has 0 saturated heterocycles. The standard InChI is InChI=1S/C22H24N4O3S/c1-14-5-6-15(2)17(11-14)23-20(27)13-30-22-25-24-21(26(22)3)16-7-8-18-19(12-16)29-10-4-9-28-18/h5-8,11-12H,4,9-10,13H2,1-3H3,(H,23,27). The zero-order chi connectivity index (χ0) is 21.1. The molecule has 0 aliphatic carbocycles. The Balaban J connectivity index is 1.44. The number of nitrogens with zero attached hydrogens (tertiary/aromatic N) is 3. The molecule has 0 fully saturated rings. The van der Waals surface area contributed by atoms with Gasteiger partial charge in [-0.05, 0) is 49.2 Å². The lowest BCUT2D eigenvalue weighted by Crippen LogP contribution is -2.15. The summed E-state index contributed by atoms with van der Waals surface area (Å²) in [5.74, 6) is 2.35. The van der Waals surface area contributed by atoms with Crippen molar-refractivity contribution >= 4 is 23.4 Å². The third kappa shape index (κ3) is 4.43. The molecule has 1 N–H and O–H groups in total. The predicted octanol–water partition coefficient (Wildman–Crippen LogP) is 3.99. The van der Waals surface area contributed by atoms with E-state index in [0.717, 1.165) is 40.3 Å². The Kier molecular flexibility index (Phi) is 5.94. The zero-order valence-corrected chi connectivity index (χ0v) is 18.1. The molecular formula is C22H24N4O3S. The van der Waals surface area contributed by atoms with Crippen molar-refractivity contribution in [1.82, 2.24) is 14.8 Å². The quantitative estimate of drug-likeness (QED) is 0.624. The number of rotatable bonds is 5. The van der Waals surface area contributed by atoms with Crippen molar-refractivity contribution in [3.8, 4) is 22.9 Å². The van der Waals surface area contributed by atoms with E-state index in [-0.39, 0.29) is 11.7 Å². The lowest BCUT2D eigenvalue weighted by atomic mass is 10.1. The van der Waals surface area contributed by atoms with Gasteiger partial charge in [0, 0.05) is 24.7 Å². The molecule has 0 bridgehead atoms. The molecule has 1 aliphatic rings. The van der Waals surface area contributed by atoms with Crippen molar-refractivity contribution in [3.05, 3.63) is 47.5 Å². The molecule has 1 aliphatic heterocycles. The van der Waals surface area contributed by atoms with Crippen LogP contribution < -0.4 is 14.8 Å². The minimum Gasteiger partial charge on any atom is -0.490 e. The summed E-state index contributed by atoms with van der Waals surface area (Å²) >= 11 is 1.35. The van der Waals surface area contributed by atoms with Crippen LogP contribution in [0.25, 0.3) is 11.4 Å². The second-order valence-corrected chi connectivity index (χ2v) is 8.17. The monoisotopic (exact) mass is 424 g/mol. The first-order valence-electron chi connectivity index (χ1n) is 9.80. The van der Waals surface area contributed by atoms with Gasteiger partial charge in [0.25, 0.3) is 0 Å². The molecular weight excluding hydrogens is 400 g/mol. The summed E-state index contributed by atoms with van der Waals surface area (Å²) in [6.07, 6.45) is 0.860. The molecule has 30 heavy (non-hydrogen) atoms. The highest BCUT2D eigenvalue weighted by molar-refractivity contribution is 7.99. The van der Waals surface area contributed by atoms with E-state index in [1.165, 1.54) is 11.8 Å². The number of thioether (sulfide) groups is 1. The minimum atomic E-state index is -0.0752. The number of nitrogens with one attached hydrogen (secondary N) is 1. The van der Waals surface area contributed by atoms with E-state index in [0.29, 0.717) is 24.2 Å². The van der Waals surface area contributed by atoms with Crippen molar-refractivity contribution in [2.45, 2.75) is 25.4 Å². The maximum atomic E-state index is 12.4. The average molecular weight is 425 g/mol. The maximum absolute atomic E-state index is 12.4. The van der Waals surface area contributed by atoms with Gasteiger partial charge in [0.1, 0.15) is 0 Å². The van der Waals surface area contributed by atoms with Crippen LogP contribution >= 0.6 is 11.8 Å². The first kappa shape index (κ1) is 20.3. The van der Waals surface area contributed by atoms with Gasteiger partial charge >= 0.3 is 0 Å². The lowest BCUT2D eigenvalue weighted by Gasteiger charge is -2.10. The summed E-state index contributed by atoms with van der Waals surface area (Å²) in [7, 11) is 1.89. The fourth-order valence-corrected chi connectivity index (χ4v) is 3.89. The number of fused-ring (bicyclic) bond motifs is 1. The van der Waals surface area contributed by atoms with Crippen molar-refractivity contribution < 1.29 is 14.3 Å². The lowest BCUT2D eigenvalue weighted by molar-refractivity contribution is -0.113. The minimum absolute atomic E-state index is 0.0752. The van der Waals surface area contributed by atoms with Crippen LogP contribution in [0.3, 0.4) is 0 Å². The smallest absolute Gasteiger partial charge is 0.234 e. The van der Waals surface area contributed by atoms with Crippen LogP contribution in [-0.2, 0) is 11.8 Å². The van der Waals surface area contributed by atoms with Gasteiger partial charge < -0.3 is 19.4 Å². The van der Waals surface area contributed by atoms with Crippen molar-refractivity contribution in [2.24, 2.45) is 7.05 Å². The predicted molar refractivity (Wildman–Crippen MR) is 117 cm³/mol. The number of carbonyl (C=O) groups excluding carboxylic acids is 1. The molecule has 1 amide bonds. The third-order valence-electron chi connectivity index (χ3n) is 4.84. The number of hydrogen-bond donors (Lipinski definition) is 1. The Hall–Kier alpha value is -3.00. The number of hydrogen-bond acceptors (Lipinski definition) is 6. The van der Waals surface area contributed by atoms with Crippen LogP contribution in [0.4, 0.5) is 5.69 Å². The summed E-state index contributed by atoms with van der Waals surface area (Å²) in [6.45, 7) is 5.27. The van der Waals surface area contributed by atoms with Gasteiger partial charge in [0.05, 0.1) is 19.0 Å². The molecule has 1 aromatic heterocycles. The van der Waals surface area contributed by atoms with Crippen LogP contribution in [0, 0.1) is 13.8 Å². The number of ether oxygens (including phenoxy) is 2. The normalized spacial score (nSPS) is 13.0. The second-order valence-electron chi connectivity index (χ2n) is 7.23. The number of anilines is 1. The molecule has 8 heteroatoms. The first-order chi connectivity index (χ1) is 14.5. The van der Waals surface area contributed by atoms with E-state index in [2.05, 4.69) is 15.5 Å². The summed E-state index contributed by atoms with van der Waals surface area (Å²) < 4.78 is 13.3. The molecule has 2 aromatic carbocycles. The Morgan fingerprint density at radius 3 is 2.73 bits per heavy atom. The Morgan fingerprint density at radius 2 is 1.90 bits per heavy atom. The third-order valence-corrected chi connectivity index (χ3v) is 5.86. The SMILES string of the molecule is Cc1ccc(C)c(NC(=O)CSc2nnc(-c3ccc4c(c3)OCCCO4)n2C)c1. The van der Waals surface area contributed by atoms with E-state index < -0.39 is 0 Å². The largest absolute Gasteiger partial charge is 0.490 e. The van der Waals surface area contributed by atoms with Crippen LogP contribution in [0.1, 0.15) is 17.5 Å². The molecule has 2 heterocycles. The summed E-state index contributed by atoms with van der Waals surface area (Å²) in [6, 6.07) is 11.8. The van der Waals surface area contributed by atoms with Crippen molar-refractivity contribution in [2.75, 3.05) is 24.3 Å². The molecule has 0 atom stereocenters. The van der Waals surface area contributed by atoms with Crippen LogP contribution in [0.2, 0.25) is 0 Å². The first-order valence-corrected chi connectivity index (χ1v) is 10.8. The summed E-state index contributed by atoms with van der Waals surface area (Å²) in [5.41, 5.74) is 3.87. The number of benzene rings is 2. The molecule has 0 unspecified atom stereocenters. The van der Waals surface area contributed by atoms with E-state index in [4.69, 9.17) is 9.47 Å². The molecule has 7 nitrogen and oxygen atoms in total. The number of amides is 1. The average Bonchev–Trinajstić information content (AvgIpc) is 2.94. The summed E-state index contributed by atoms with van der Waals surface area (Å²) in [4.78, 5) is 12.4. The molecule has 3 aromatic rings. The molecule has 0 saturated carbocycles. The Bertz CT molecular complexity index is 1080. The van der Waals surface area contributed by atoms with Crippen molar-refractivity contribution in [3.63, 3.8) is 0 Å². The van der Waals surface area contributed by atoms with E-state index in [1.54, 1.807) is 0 Å². The fraction of sp³-hybridized carbons (Fsp3) is 0.318. The van der Waals surface area contributed by atoms with Gasteiger partial charge in [-0.15, -0.1) is 10.2 Å². The number of aryl methyl sites for hydroxylation is 2. The van der Waals surface area contributed by atoms with Gasteiger partial charge in [-0.25, -0.2) is 0 Å². The highest BCUT2D eigenvalue weighted by atomic mass is 32.2. The highest BCUT2D eigenvalue weighted by Crippen LogP contribution is 2.34. The van der Waals surface area contributed by atoms with Crippen molar-refractivity contribution in [1.29, 1.82) is 0 Å². The zero-order valence-electron chi connectivity index (χ0n) is 17.3. The molecule has 0 spiro atoms. The van der Waals surface area contributed by atoms with Gasteiger partial charge in [-0.1, -0.05) is 23.9 Å². The van der Waals surface area contributed by atoms with Gasteiger partial charge in [-0.3, -0.25) is 4.79 Å².